The first-order valence-electron chi connectivity index (χ1n) is 10.3. The molecule has 5 heteroatoms. The minimum Gasteiger partial charge on any atom is -0.508 e. The minimum atomic E-state index is -0.159. The molecule has 2 rings (SSSR count). The summed E-state index contributed by atoms with van der Waals surface area (Å²) in [7, 11) is 3.24. The third-order valence-corrected chi connectivity index (χ3v) is 5.61. The van der Waals surface area contributed by atoms with Crippen LogP contribution in [-0.4, -0.2) is 31.5 Å². The number of nitrogens with two attached hydrogens (primary N) is 1. The molecule has 0 radical (unpaired) electrons. The second kappa shape index (κ2) is 12.7. The Hall–Kier alpha value is -1.82. The number of phenolic OH excluding ortho intramolecular Hbond substituents is 1. The standard InChI is InChI=1S/C16H23NO3.C8H16O/c1-10-8-16(18)13(4)12(3)15(10)9-14(17)7-6-11(2)20-19-5;1-7-4-3-5-8(6-7)9-2/h6-8,14,18H,2,9,17H2,1,3-5H3;7-8H,3-6H2,1-2H3/b7-6-;. The fourth-order valence-electron chi connectivity index (χ4n) is 3.69. The molecule has 164 valence electrons. The van der Waals surface area contributed by atoms with Crippen LogP contribution in [0.4, 0.5) is 0 Å². The SMILES string of the molecule is C=C(/C=C\C(N)Cc1c(C)cc(O)c(C)c1C)OOC.COC1CCCC(C)C1. The summed E-state index contributed by atoms with van der Waals surface area (Å²) in [5, 5.41) is 9.79. The van der Waals surface area contributed by atoms with Crippen molar-refractivity contribution >= 4 is 0 Å². The summed E-state index contributed by atoms with van der Waals surface area (Å²) in [5.74, 6) is 1.62. The number of ether oxygens (including phenoxy) is 1. The van der Waals surface area contributed by atoms with E-state index in [0.29, 0.717) is 24.0 Å². The largest absolute Gasteiger partial charge is 0.508 e. The number of methoxy groups -OCH3 is 1. The molecule has 3 atom stereocenters. The Morgan fingerprint density at radius 1 is 1.28 bits per heavy atom. The lowest BCUT2D eigenvalue weighted by atomic mass is 9.89. The molecule has 0 amide bonds. The summed E-state index contributed by atoms with van der Waals surface area (Å²) in [6, 6.07) is 1.62. The lowest BCUT2D eigenvalue weighted by Gasteiger charge is -2.25. The molecule has 3 unspecified atom stereocenters. The first-order valence-corrected chi connectivity index (χ1v) is 10.3. The van der Waals surface area contributed by atoms with E-state index in [0.717, 1.165) is 28.2 Å². The maximum absolute atomic E-state index is 9.79. The highest BCUT2D eigenvalue weighted by atomic mass is 17.2. The van der Waals surface area contributed by atoms with Crippen LogP contribution < -0.4 is 5.73 Å². The summed E-state index contributed by atoms with van der Waals surface area (Å²) in [6.45, 7) is 11.9. The Morgan fingerprint density at radius 2 is 1.97 bits per heavy atom. The average Bonchev–Trinajstić information content (AvgIpc) is 2.68. The van der Waals surface area contributed by atoms with Crippen molar-refractivity contribution in [1.82, 2.24) is 0 Å². The van der Waals surface area contributed by atoms with Gasteiger partial charge in [0, 0.05) is 13.2 Å². The van der Waals surface area contributed by atoms with Gasteiger partial charge in [0.05, 0.1) is 13.2 Å². The van der Waals surface area contributed by atoms with Crippen molar-refractivity contribution in [3.05, 3.63) is 52.8 Å². The number of hydrogen-bond donors (Lipinski definition) is 2. The van der Waals surface area contributed by atoms with Crippen LogP contribution in [0.5, 0.6) is 5.75 Å². The molecule has 1 saturated carbocycles. The Morgan fingerprint density at radius 3 is 2.52 bits per heavy atom. The molecule has 1 aromatic rings. The predicted molar refractivity (Wildman–Crippen MR) is 119 cm³/mol. The molecule has 1 aliphatic carbocycles. The van der Waals surface area contributed by atoms with E-state index in [9.17, 15) is 5.11 Å². The number of benzene rings is 1. The maximum Gasteiger partial charge on any atom is 0.157 e. The molecule has 5 nitrogen and oxygen atoms in total. The average molecular weight is 406 g/mol. The van der Waals surface area contributed by atoms with Gasteiger partial charge in [0.1, 0.15) is 5.75 Å². The Labute approximate surface area is 176 Å². The van der Waals surface area contributed by atoms with Gasteiger partial charge in [-0.1, -0.05) is 32.4 Å². The molecule has 1 fully saturated rings. The van der Waals surface area contributed by atoms with Gasteiger partial charge in [-0.25, -0.2) is 0 Å². The van der Waals surface area contributed by atoms with Crippen molar-refractivity contribution in [2.75, 3.05) is 14.2 Å². The summed E-state index contributed by atoms with van der Waals surface area (Å²) >= 11 is 0. The highest BCUT2D eigenvalue weighted by molar-refractivity contribution is 5.47. The fourth-order valence-corrected chi connectivity index (χ4v) is 3.69. The van der Waals surface area contributed by atoms with Crippen molar-refractivity contribution in [1.29, 1.82) is 0 Å². The van der Waals surface area contributed by atoms with Crippen molar-refractivity contribution in [3.8, 4) is 5.75 Å². The molecular formula is C24H39NO4. The molecule has 0 bridgehead atoms. The quantitative estimate of drug-likeness (QED) is 0.287. The molecular weight excluding hydrogens is 366 g/mol. The maximum atomic E-state index is 9.79. The Kier molecular flexibility index (Phi) is 11.0. The summed E-state index contributed by atoms with van der Waals surface area (Å²) < 4.78 is 5.26. The zero-order valence-corrected chi connectivity index (χ0v) is 19.0. The number of rotatable bonds is 7. The van der Waals surface area contributed by atoms with E-state index < -0.39 is 0 Å². The van der Waals surface area contributed by atoms with Crippen LogP contribution in [0.1, 0.15) is 54.9 Å². The third-order valence-electron chi connectivity index (χ3n) is 5.61. The van der Waals surface area contributed by atoms with E-state index in [1.165, 1.54) is 32.8 Å². The monoisotopic (exact) mass is 405 g/mol. The predicted octanol–water partition coefficient (Wildman–Crippen LogP) is 5.05. The van der Waals surface area contributed by atoms with E-state index in [4.69, 9.17) is 15.4 Å². The highest BCUT2D eigenvalue weighted by Gasteiger charge is 2.17. The summed E-state index contributed by atoms with van der Waals surface area (Å²) in [4.78, 5) is 9.26. The van der Waals surface area contributed by atoms with Gasteiger partial charge >= 0.3 is 0 Å². The lowest BCUT2D eigenvalue weighted by Crippen LogP contribution is -2.21. The van der Waals surface area contributed by atoms with Crippen LogP contribution in [0.25, 0.3) is 0 Å². The smallest absolute Gasteiger partial charge is 0.157 e. The van der Waals surface area contributed by atoms with Crippen LogP contribution in [0.2, 0.25) is 0 Å². The lowest BCUT2D eigenvalue weighted by molar-refractivity contribution is -0.232. The third kappa shape index (κ3) is 8.60. The molecule has 0 heterocycles. The molecule has 0 aliphatic heterocycles. The van der Waals surface area contributed by atoms with Crippen LogP contribution in [0.3, 0.4) is 0 Å². The second-order valence-electron chi connectivity index (χ2n) is 8.01. The van der Waals surface area contributed by atoms with Crippen molar-refractivity contribution in [3.63, 3.8) is 0 Å². The zero-order chi connectivity index (χ0) is 22.0. The van der Waals surface area contributed by atoms with E-state index in [2.05, 4.69) is 18.4 Å². The summed E-state index contributed by atoms with van der Waals surface area (Å²) in [5.41, 5.74) is 10.3. The Balaban J connectivity index is 0.000000387. The van der Waals surface area contributed by atoms with Gasteiger partial charge in [-0.2, -0.15) is 4.89 Å². The minimum absolute atomic E-state index is 0.159. The van der Waals surface area contributed by atoms with Crippen LogP contribution >= 0.6 is 0 Å². The number of aromatic hydroxyl groups is 1. The van der Waals surface area contributed by atoms with Gasteiger partial charge in [0.2, 0.25) is 0 Å². The first-order chi connectivity index (χ1) is 13.7. The number of allylic oxidation sites excluding steroid dienone is 1. The van der Waals surface area contributed by atoms with Gasteiger partial charge in [-0.3, -0.25) is 0 Å². The van der Waals surface area contributed by atoms with Crippen molar-refractivity contribution < 1.29 is 19.6 Å². The van der Waals surface area contributed by atoms with Crippen molar-refractivity contribution in [2.24, 2.45) is 11.7 Å². The van der Waals surface area contributed by atoms with E-state index in [-0.39, 0.29) is 6.04 Å². The van der Waals surface area contributed by atoms with Crippen LogP contribution in [0.15, 0.2) is 30.6 Å². The van der Waals surface area contributed by atoms with Crippen LogP contribution in [-0.2, 0) is 20.9 Å². The van der Waals surface area contributed by atoms with E-state index in [1.807, 2.05) is 34.0 Å². The molecule has 1 aromatic carbocycles. The molecule has 0 aromatic heterocycles. The summed E-state index contributed by atoms with van der Waals surface area (Å²) in [6.07, 6.45) is 10.1. The number of hydrogen-bond acceptors (Lipinski definition) is 5. The van der Waals surface area contributed by atoms with Crippen LogP contribution in [0, 0.1) is 26.7 Å². The Bertz CT molecular complexity index is 684. The zero-order valence-electron chi connectivity index (χ0n) is 19.0. The molecule has 3 N–H and O–H groups in total. The van der Waals surface area contributed by atoms with E-state index in [1.54, 1.807) is 12.1 Å². The van der Waals surface area contributed by atoms with Gasteiger partial charge in [0.15, 0.2) is 5.76 Å². The highest BCUT2D eigenvalue weighted by Crippen LogP contribution is 2.27. The second-order valence-corrected chi connectivity index (χ2v) is 8.01. The molecule has 0 spiro atoms. The topological polar surface area (TPSA) is 73.9 Å². The molecule has 29 heavy (non-hydrogen) atoms. The van der Waals surface area contributed by atoms with Crippen molar-refractivity contribution in [2.45, 2.75) is 71.9 Å². The van der Waals surface area contributed by atoms with Gasteiger partial charge in [-0.15, -0.1) is 0 Å². The van der Waals surface area contributed by atoms with Gasteiger partial charge in [0.25, 0.3) is 0 Å². The number of aryl methyl sites for hydroxylation is 1. The van der Waals surface area contributed by atoms with Gasteiger partial charge in [-0.05, 0) is 80.3 Å². The van der Waals surface area contributed by atoms with E-state index >= 15 is 0 Å². The number of phenols is 1. The molecule has 0 saturated heterocycles. The normalized spacial score (nSPS) is 20.1. The molecule has 1 aliphatic rings. The van der Waals surface area contributed by atoms with Gasteiger partial charge < -0.3 is 20.5 Å². The first kappa shape index (κ1) is 25.2. The fraction of sp³-hybridized carbons (Fsp3) is 0.583.